The Bertz CT molecular complexity index is 733. The maximum absolute atomic E-state index is 12.3. The van der Waals surface area contributed by atoms with Crippen LogP contribution in [0.25, 0.3) is 0 Å². The van der Waals surface area contributed by atoms with Crippen LogP contribution in [0.5, 0.6) is 5.75 Å². The van der Waals surface area contributed by atoms with Crippen molar-refractivity contribution in [3.63, 3.8) is 0 Å². The summed E-state index contributed by atoms with van der Waals surface area (Å²) < 4.78 is 5.79. The first-order chi connectivity index (χ1) is 13.6. The minimum absolute atomic E-state index is 0.177. The topological polar surface area (TPSA) is 61.8 Å². The molecule has 0 aromatic heterocycles. The molecule has 2 N–H and O–H groups in total. The molecule has 1 saturated heterocycles. The van der Waals surface area contributed by atoms with Crippen LogP contribution in [-0.4, -0.2) is 48.2 Å². The van der Waals surface area contributed by atoms with E-state index in [0.29, 0.717) is 18.2 Å². The van der Waals surface area contributed by atoms with E-state index in [1.54, 1.807) is 12.1 Å². The zero-order valence-electron chi connectivity index (χ0n) is 16.5. The molecule has 1 aliphatic heterocycles. The second-order valence-corrected chi connectivity index (χ2v) is 7.39. The van der Waals surface area contributed by atoms with Crippen molar-refractivity contribution in [1.29, 1.82) is 0 Å². The van der Waals surface area contributed by atoms with Crippen molar-refractivity contribution in [2.75, 3.05) is 26.2 Å². The molecule has 150 valence electrons. The molecule has 2 aromatic carbocycles. The van der Waals surface area contributed by atoms with Crippen LogP contribution in [-0.2, 0) is 0 Å². The van der Waals surface area contributed by atoms with E-state index in [0.717, 1.165) is 24.3 Å². The Morgan fingerprint density at radius 3 is 2.64 bits per heavy atom. The van der Waals surface area contributed by atoms with Crippen LogP contribution in [0.15, 0.2) is 54.6 Å². The second kappa shape index (κ2) is 10.2. The van der Waals surface area contributed by atoms with Crippen molar-refractivity contribution in [2.45, 2.75) is 38.3 Å². The summed E-state index contributed by atoms with van der Waals surface area (Å²) in [6.07, 6.45) is 2.89. The lowest BCUT2D eigenvalue weighted by Gasteiger charge is -2.20. The van der Waals surface area contributed by atoms with Gasteiger partial charge < -0.3 is 20.1 Å². The van der Waals surface area contributed by atoms with Crippen LogP contribution in [0.2, 0.25) is 0 Å². The van der Waals surface area contributed by atoms with Gasteiger partial charge in [-0.25, -0.2) is 0 Å². The highest BCUT2D eigenvalue weighted by atomic mass is 16.5. The summed E-state index contributed by atoms with van der Waals surface area (Å²) in [6, 6.07) is 17.1. The molecule has 0 spiro atoms. The van der Waals surface area contributed by atoms with Crippen LogP contribution in [0.3, 0.4) is 0 Å². The summed E-state index contributed by atoms with van der Waals surface area (Å²) in [5.41, 5.74) is 1.34. The number of carbonyl (C=O) groups is 1. The molecule has 1 fully saturated rings. The van der Waals surface area contributed by atoms with Gasteiger partial charge >= 0.3 is 0 Å². The van der Waals surface area contributed by atoms with Crippen molar-refractivity contribution in [1.82, 2.24) is 10.2 Å². The van der Waals surface area contributed by atoms with Gasteiger partial charge in [-0.3, -0.25) is 4.79 Å². The van der Waals surface area contributed by atoms with Crippen LogP contribution < -0.4 is 10.1 Å². The van der Waals surface area contributed by atoms with Crippen molar-refractivity contribution >= 4 is 5.91 Å². The molecule has 1 heterocycles. The van der Waals surface area contributed by atoms with Gasteiger partial charge in [0.25, 0.3) is 5.91 Å². The standard InChI is InChI=1S/C23H30N2O3/c1-18-7-5-14-25(18)15-6-16-28-21-12-10-20(11-13-21)23(27)24-17-22(26)19-8-3-2-4-9-19/h2-4,8-13,18,22,26H,5-7,14-17H2,1H3,(H,24,27). The molecule has 0 aliphatic carbocycles. The number of likely N-dealkylation sites (tertiary alicyclic amines) is 1. The van der Waals surface area contributed by atoms with Gasteiger partial charge in [0.1, 0.15) is 5.75 Å². The highest BCUT2D eigenvalue weighted by Crippen LogP contribution is 2.17. The number of nitrogens with zero attached hydrogens (tertiary/aromatic N) is 1. The van der Waals surface area contributed by atoms with Gasteiger partial charge in [0.05, 0.1) is 12.7 Å². The van der Waals surface area contributed by atoms with Crippen molar-refractivity contribution < 1.29 is 14.6 Å². The molecule has 5 nitrogen and oxygen atoms in total. The molecule has 5 heteroatoms. The number of carbonyl (C=O) groups excluding carboxylic acids is 1. The molecular formula is C23H30N2O3. The van der Waals surface area contributed by atoms with Crippen LogP contribution in [0.4, 0.5) is 0 Å². The van der Waals surface area contributed by atoms with Gasteiger partial charge in [-0.05, 0) is 62.6 Å². The first-order valence-electron chi connectivity index (χ1n) is 10.1. The lowest BCUT2D eigenvalue weighted by molar-refractivity contribution is 0.0916. The SMILES string of the molecule is CC1CCCN1CCCOc1ccc(C(=O)NCC(O)c2ccccc2)cc1. The number of hydrogen-bond acceptors (Lipinski definition) is 4. The highest BCUT2D eigenvalue weighted by Gasteiger charge is 2.19. The maximum atomic E-state index is 12.3. The lowest BCUT2D eigenvalue weighted by Crippen LogP contribution is -2.28. The Kier molecular flexibility index (Phi) is 7.46. The molecule has 1 aliphatic rings. The number of ether oxygens (including phenoxy) is 1. The number of benzene rings is 2. The molecule has 2 aromatic rings. The second-order valence-electron chi connectivity index (χ2n) is 7.39. The van der Waals surface area contributed by atoms with Gasteiger partial charge in [-0.1, -0.05) is 30.3 Å². The Morgan fingerprint density at radius 2 is 1.96 bits per heavy atom. The zero-order valence-corrected chi connectivity index (χ0v) is 16.5. The van der Waals surface area contributed by atoms with E-state index in [-0.39, 0.29) is 12.5 Å². The van der Waals surface area contributed by atoms with E-state index < -0.39 is 6.10 Å². The maximum Gasteiger partial charge on any atom is 0.251 e. The zero-order chi connectivity index (χ0) is 19.8. The molecule has 2 unspecified atom stereocenters. The molecular weight excluding hydrogens is 352 g/mol. The number of rotatable bonds is 9. The third-order valence-corrected chi connectivity index (χ3v) is 5.31. The highest BCUT2D eigenvalue weighted by molar-refractivity contribution is 5.94. The minimum Gasteiger partial charge on any atom is -0.494 e. The Hall–Kier alpha value is -2.37. The quantitative estimate of drug-likeness (QED) is 0.653. The third-order valence-electron chi connectivity index (χ3n) is 5.31. The first kappa shape index (κ1) is 20.4. The van der Waals surface area contributed by atoms with Crippen molar-refractivity contribution in [2.24, 2.45) is 0 Å². The van der Waals surface area contributed by atoms with E-state index in [4.69, 9.17) is 4.74 Å². The average molecular weight is 383 g/mol. The van der Waals surface area contributed by atoms with Gasteiger partial charge in [-0.2, -0.15) is 0 Å². The van der Waals surface area contributed by atoms with Gasteiger partial charge in [-0.15, -0.1) is 0 Å². The van der Waals surface area contributed by atoms with Crippen LogP contribution >= 0.6 is 0 Å². The molecule has 1 amide bonds. The number of aliphatic hydroxyl groups excluding tert-OH is 1. The number of amides is 1. The van der Waals surface area contributed by atoms with E-state index in [1.807, 2.05) is 42.5 Å². The summed E-state index contributed by atoms with van der Waals surface area (Å²) in [4.78, 5) is 14.8. The first-order valence-corrected chi connectivity index (χ1v) is 10.1. The fourth-order valence-corrected chi connectivity index (χ4v) is 3.57. The van der Waals surface area contributed by atoms with Crippen LogP contribution in [0, 0.1) is 0 Å². The Morgan fingerprint density at radius 1 is 1.21 bits per heavy atom. The number of nitrogens with one attached hydrogen (secondary N) is 1. The van der Waals surface area contributed by atoms with E-state index >= 15 is 0 Å². The largest absolute Gasteiger partial charge is 0.494 e. The van der Waals surface area contributed by atoms with Gasteiger partial charge in [0.2, 0.25) is 0 Å². The minimum atomic E-state index is -0.717. The monoisotopic (exact) mass is 382 g/mol. The van der Waals surface area contributed by atoms with Crippen molar-refractivity contribution in [3.8, 4) is 5.75 Å². The van der Waals surface area contributed by atoms with E-state index in [9.17, 15) is 9.90 Å². The molecule has 0 saturated carbocycles. The summed E-state index contributed by atoms with van der Waals surface area (Å²) in [7, 11) is 0. The predicted octanol–water partition coefficient (Wildman–Crippen LogP) is 3.40. The Labute approximate surface area is 167 Å². The lowest BCUT2D eigenvalue weighted by atomic mass is 10.1. The summed E-state index contributed by atoms with van der Waals surface area (Å²) >= 11 is 0. The third kappa shape index (κ3) is 5.81. The van der Waals surface area contributed by atoms with Gasteiger partial charge in [0.15, 0.2) is 0 Å². The molecule has 28 heavy (non-hydrogen) atoms. The van der Waals surface area contributed by atoms with Crippen LogP contribution in [0.1, 0.15) is 48.2 Å². The average Bonchev–Trinajstić information content (AvgIpc) is 3.15. The summed E-state index contributed by atoms with van der Waals surface area (Å²) in [5.74, 6) is 0.569. The Balaban J connectivity index is 1.39. The fourth-order valence-electron chi connectivity index (χ4n) is 3.57. The predicted molar refractivity (Wildman–Crippen MR) is 111 cm³/mol. The summed E-state index contributed by atoms with van der Waals surface area (Å²) in [5, 5.41) is 12.9. The molecule has 0 bridgehead atoms. The molecule has 3 rings (SSSR count). The number of hydrogen-bond donors (Lipinski definition) is 2. The molecule has 2 atom stereocenters. The normalized spacial score (nSPS) is 18.0. The smallest absolute Gasteiger partial charge is 0.251 e. The summed E-state index contributed by atoms with van der Waals surface area (Å²) in [6.45, 7) is 5.42. The molecule has 0 radical (unpaired) electrons. The van der Waals surface area contributed by atoms with Crippen molar-refractivity contribution in [3.05, 3.63) is 65.7 Å². The van der Waals surface area contributed by atoms with E-state index in [1.165, 1.54) is 19.4 Å². The number of aliphatic hydroxyl groups is 1. The fraction of sp³-hybridized carbons (Fsp3) is 0.435. The van der Waals surface area contributed by atoms with E-state index in [2.05, 4.69) is 17.1 Å². The van der Waals surface area contributed by atoms with Gasteiger partial charge in [0, 0.05) is 24.7 Å².